The summed E-state index contributed by atoms with van der Waals surface area (Å²) < 4.78 is 11.1. The Balaban J connectivity index is 2.15. The smallest absolute Gasteiger partial charge is 0.302 e. The Morgan fingerprint density at radius 2 is 2.12 bits per heavy atom. The molecule has 0 aromatic rings. The highest BCUT2D eigenvalue weighted by Gasteiger charge is 2.30. The molecule has 1 aliphatic heterocycles. The van der Waals surface area contributed by atoms with Gasteiger partial charge in [-0.3, -0.25) is 4.79 Å². The van der Waals surface area contributed by atoms with Crippen molar-refractivity contribution in [2.24, 2.45) is 0 Å². The van der Waals surface area contributed by atoms with E-state index >= 15 is 0 Å². The molecule has 1 saturated heterocycles. The Morgan fingerprint density at radius 3 is 2.76 bits per heavy atom. The van der Waals surface area contributed by atoms with Crippen molar-refractivity contribution >= 4 is 5.97 Å². The molecule has 3 nitrogen and oxygen atoms in total. The summed E-state index contributed by atoms with van der Waals surface area (Å²) in [5.41, 5.74) is 0. The second-order valence-corrected chi connectivity index (χ2v) is 5.04. The van der Waals surface area contributed by atoms with Gasteiger partial charge < -0.3 is 9.47 Å². The monoisotopic (exact) mass is 242 g/mol. The molecule has 100 valence electrons. The average molecular weight is 242 g/mol. The third kappa shape index (κ3) is 5.53. The average Bonchev–Trinajstić information content (AvgIpc) is 2.72. The highest BCUT2D eigenvalue weighted by molar-refractivity contribution is 5.66. The maximum Gasteiger partial charge on any atom is 0.302 e. The van der Waals surface area contributed by atoms with Crippen LogP contribution in [0.5, 0.6) is 0 Å². The normalized spacial score (nSPS) is 25.8. The summed E-state index contributed by atoms with van der Waals surface area (Å²) in [6.07, 6.45) is 8.84. The number of hydrogen-bond acceptors (Lipinski definition) is 3. The minimum atomic E-state index is -0.215. The number of unbranched alkanes of at least 4 members (excludes halogenated alkanes) is 3. The third-order valence-electron chi connectivity index (χ3n) is 3.40. The quantitative estimate of drug-likeness (QED) is 0.506. The number of carbonyl (C=O) groups excluding carboxylic acids is 1. The molecule has 0 bridgehead atoms. The van der Waals surface area contributed by atoms with Crippen LogP contribution in [-0.2, 0) is 14.3 Å². The molecule has 1 rings (SSSR count). The minimum Gasteiger partial charge on any atom is -0.460 e. The largest absolute Gasteiger partial charge is 0.460 e. The molecule has 0 saturated carbocycles. The van der Waals surface area contributed by atoms with Gasteiger partial charge in [0.15, 0.2) is 0 Å². The van der Waals surface area contributed by atoms with Gasteiger partial charge in [0.1, 0.15) is 6.10 Å². The molecule has 1 fully saturated rings. The Morgan fingerprint density at radius 1 is 1.35 bits per heavy atom. The fourth-order valence-electron chi connectivity index (χ4n) is 2.43. The van der Waals surface area contributed by atoms with E-state index in [-0.39, 0.29) is 18.2 Å². The first-order valence-electron chi connectivity index (χ1n) is 6.96. The molecule has 0 aromatic heterocycles. The van der Waals surface area contributed by atoms with Crippen molar-refractivity contribution in [1.82, 2.24) is 0 Å². The van der Waals surface area contributed by atoms with Crippen molar-refractivity contribution < 1.29 is 14.3 Å². The molecule has 3 heteroatoms. The SMILES string of the molecule is CCCCCC[C@H]1CC[C@@H]([C@@H](C)OC(C)=O)O1. The molecule has 0 unspecified atom stereocenters. The van der Waals surface area contributed by atoms with Gasteiger partial charge in [-0.2, -0.15) is 0 Å². The van der Waals surface area contributed by atoms with Crippen LogP contribution in [0.3, 0.4) is 0 Å². The van der Waals surface area contributed by atoms with Gasteiger partial charge in [0.25, 0.3) is 0 Å². The predicted molar refractivity (Wildman–Crippen MR) is 67.9 cm³/mol. The lowest BCUT2D eigenvalue weighted by molar-refractivity contribution is -0.152. The maximum absolute atomic E-state index is 10.9. The molecule has 0 aromatic carbocycles. The number of ether oxygens (including phenoxy) is 2. The Hall–Kier alpha value is -0.570. The minimum absolute atomic E-state index is 0.104. The van der Waals surface area contributed by atoms with Gasteiger partial charge in [0.05, 0.1) is 12.2 Å². The van der Waals surface area contributed by atoms with Crippen molar-refractivity contribution in [3.8, 4) is 0 Å². The fraction of sp³-hybridized carbons (Fsp3) is 0.929. The lowest BCUT2D eigenvalue weighted by Gasteiger charge is -2.20. The molecule has 0 aliphatic carbocycles. The predicted octanol–water partition coefficient (Wildman–Crippen LogP) is 3.46. The lowest BCUT2D eigenvalue weighted by atomic mass is 10.1. The van der Waals surface area contributed by atoms with E-state index in [4.69, 9.17) is 9.47 Å². The molecular weight excluding hydrogens is 216 g/mol. The summed E-state index contributed by atoms with van der Waals surface area (Å²) in [5, 5.41) is 0. The molecule has 0 N–H and O–H groups in total. The van der Waals surface area contributed by atoms with E-state index in [1.54, 1.807) is 0 Å². The summed E-state index contributed by atoms with van der Waals surface area (Å²) in [6, 6.07) is 0. The van der Waals surface area contributed by atoms with Gasteiger partial charge in [-0.1, -0.05) is 32.6 Å². The van der Waals surface area contributed by atoms with Crippen LogP contribution in [0, 0.1) is 0 Å². The third-order valence-corrected chi connectivity index (χ3v) is 3.40. The molecule has 0 spiro atoms. The molecule has 1 aliphatic rings. The van der Waals surface area contributed by atoms with Crippen LogP contribution >= 0.6 is 0 Å². The van der Waals surface area contributed by atoms with Crippen LogP contribution in [0.4, 0.5) is 0 Å². The summed E-state index contributed by atoms with van der Waals surface area (Å²) >= 11 is 0. The number of rotatable bonds is 7. The van der Waals surface area contributed by atoms with Crippen molar-refractivity contribution in [3.05, 3.63) is 0 Å². The van der Waals surface area contributed by atoms with Crippen molar-refractivity contribution in [2.45, 2.75) is 84.0 Å². The zero-order chi connectivity index (χ0) is 12.7. The maximum atomic E-state index is 10.9. The Bertz CT molecular complexity index is 228. The summed E-state index contributed by atoms with van der Waals surface area (Å²) in [7, 11) is 0. The van der Waals surface area contributed by atoms with Gasteiger partial charge in [0.2, 0.25) is 0 Å². The van der Waals surface area contributed by atoms with E-state index in [0.29, 0.717) is 6.10 Å². The van der Waals surface area contributed by atoms with Crippen molar-refractivity contribution in [2.75, 3.05) is 0 Å². The number of esters is 1. The van der Waals surface area contributed by atoms with Crippen LogP contribution in [0.25, 0.3) is 0 Å². The van der Waals surface area contributed by atoms with Gasteiger partial charge in [-0.05, 0) is 26.2 Å². The summed E-state index contributed by atoms with van der Waals surface area (Å²) in [5.74, 6) is -0.215. The number of carbonyl (C=O) groups is 1. The molecule has 1 heterocycles. The van der Waals surface area contributed by atoms with E-state index in [2.05, 4.69) is 6.92 Å². The summed E-state index contributed by atoms with van der Waals surface area (Å²) in [4.78, 5) is 10.9. The van der Waals surface area contributed by atoms with Gasteiger partial charge in [-0.25, -0.2) is 0 Å². The first kappa shape index (κ1) is 14.5. The molecule has 0 amide bonds. The van der Waals surface area contributed by atoms with E-state index in [1.807, 2.05) is 6.92 Å². The van der Waals surface area contributed by atoms with Crippen molar-refractivity contribution in [1.29, 1.82) is 0 Å². The second-order valence-electron chi connectivity index (χ2n) is 5.04. The van der Waals surface area contributed by atoms with Crippen LogP contribution < -0.4 is 0 Å². The van der Waals surface area contributed by atoms with Crippen LogP contribution in [0.1, 0.15) is 65.7 Å². The fourth-order valence-corrected chi connectivity index (χ4v) is 2.43. The highest BCUT2D eigenvalue weighted by atomic mass is 16.6. The van der Waals surface area contributed by atoms with Gasteiger partial charge in [-0.15, -0.1) is 0 Å². The standard InChI is InChI=1S/C14H26O3/c1-4-5-6-7-8-13-9-10-14(17-13)11(2)16-12(3)15/h11,13-14H,4-10H2,1-3H3/t11-,13+,14+/m1/s1. The number of hydrogen-bond donors (Lipinski definition) is 0. The first-order chi connectivity index (χ1) is 8.13. The lowest BCUT2D eigenvalue weighted by Crippen LogP contribution is -2.28. The molecule has 17 heavy (non-hydrogen) atoms. The van der Waals surface area contributed by atoms with Crippen LogP contribution in [-0.4, -0.2) is 24.3 Å². The van der Waals surface area contributed by atoms with E-state index < -0.39 is 0 Å². The van der Waals surface area contributed by atoms with Crippen LogP contribution in [0.2, 0.25) is 0 Å². The zero-order valence-corrected chi connectivity index (χ0v) is 11.4. The molecule has 3 atom stereocenters. The second kappa shape index (κ2) is 7.70. The van der Waals surface area contributed by atoms with E-state index in [1.165, 1.54) is 32.6 Å². The highest BCUT2D eigenvalue weighted by Crippen LogP contribution is 2.27. The molecular formula is C14H26O3. The topological polar surface area (TPSA) is 35.5 Å². The Kier molecular flexibility index (Phi) is 6.56. The van der Waals surface area contributed by atoms with Gasteiger partial charge >= 0.3 is 5.97 Å². The first-order valence-corrected chi connectivity index (χ1v) is 6.96. The Labute approximate surface area is 105 Å². The summed E-state index contributed by atoms with van der Waals surface area (Å²) in [6.45, 7) is 5.60. The zero-order valence-electron chi connectivity index (χ0n) is 11.4. The van der Waals surface area contributed by atoms with Crippen molar-refractivity contribution in [3.63, 3.8) is 0 Å². The van der Waals surface area contributed by atoms with Crippen LogP contribution in [0.15, 0.2) is 0 Å². The van der Waals surface area contributed by atoms with Gasteiger partial charge in [0, 0.05) is 6.92 Å². The van der Waals surface area contributed by atoms with E-state index in [9.17, 15) is 4.79 Å². The van der Waals surface area contributed by atoms with E-state index in [0.717, 1.165) is 19.3 Å². The molecule has 0 radical (unpaired) electrons.